The summed E-state index contributed by atoms with van der Waals surface area (Å²) in [6, 6.07) is 37.9. The molecule has 0 N–H and O–H groups in total. The summed E-state index contributed by atoms with van der Waals surface area (Å²) in [5.74, 6) is 2.39. The third-order valence-corrected chi connectivity index (χ3v) is 8.28. The number of hydrogen-bond acceptors (Lipinski definition) is 4. The monoisotopic (exact) mass is 560 g/mol. The van der Waals surface area contributed by atoms with Gasteiger partial charge < -0.3 is 9.47 Å². The third kappa shape index (κ3) is 3.87. The second-order valence-corrected chi connectivity index (χ2v) is 10.8. The first kappa shape index (κ1) is 25.1. The molecule has 6 heteroatoms. The van der Waals surface area contributed by atoms with Crippen LogP contribution in [0.2, 0.25) is 0 Å². The fourth-order valence-corrected chi connectivity index (χ4v) is 6.34. The molecule has 0 aliphatic heterocycles. The van der Waals surface area contributed by atoms with E-state index < -0.39 is 0 Å². The molecule has 3 aromatic heterocycles. The SMILES string of the molecule is COc1ccc2c(c1)c1c3cc(OC)ccc3n(-c3cc(-c4cccc5ccccc45)ncn3)c1n2-c1cccc(C)c1. The normalized spacial score (nSPS) is 11.6. The highest BCUT2D eigenvalue weighted by Crippen LogP contribution is 2.43. The number of aryl methyl sites for hydroxylation is 1. The van der Waals surface area contributed by atoms with Crippen molar-refractivity contribution in [3.8, 4) is 34.3 Å². The number of fused-ring (bicyclic) bond motifs is 6. The van der Waals surface area contributed by atoms with E-state index in [1.165, 1.54) is 10.9 Å². The van der Waals surface area contributed by atoms with Gasteiger partial charge in [0, 0.05) is 33.5 Å². The molecule has 0 unspecified atom stereocenters. The molecule has 8 rings (SSSR count). The average molecular weight is 561 g/mol. The van der Waals surface area contributed by atoms with E-state index in [1.807, 2.05) is 12.1 Å². The summed E-state index contributed by atoms with van der Waals surface area (Å²) in [7, 11) is 3.41. The smallest absolute Gasteiger partial charge is 0.142 e. The Morgan fingerprint density at radius 1 is 0.605 bits per heavy atom. The fraction of sp³-hybridized carbons (Fsp3) is 0.0811. The minimum absolute atomic E-state index is 0.784. The topological polar surface area (TPSA) is 54.1 Å². The molecule has 0 amide bonds. The highest BCUT2D eigenvalue weighted by molar-refractivity contribution is 6.23. The minimum atomic E-state index is 0.784. The van der Waals surface area contributed by atoms with Crippen LogP contribution in [0.4, 0.5) is 0 Å². The quantitative estimate of drug-likeness (QED) is 0.211. The van der Waals surface area contributed by atoms with Gasteiger partial charge in [-0.2, -0.15) is 0 Å². The zero-order chi connectivity index (χ0) is 29.1. The van der Waals surface area contributed by atoms with E-state index in [1.54, 1.807) is 20.5 Å². The van der Waals surface area contributed by atoms with Gasteiger partial charge in [-0.25, -0.2) is 9.97 Å². The van der Waals surface area contributed by atoms with Crippen LogP contribution in [0.25, 0.3) is 66.4 Å². The molecule has 0 aliphatic carbocycles. The van der Waals surface area contributed by atoms with Gasteiger partial charge in [-0.3, -0.25) is 9.13 Å². The van der Waals surface area contributed by atoms with Crippen molar-refractivity contribution >= 4 is 43.6 Å². The Morgan fingerprint density at radius 2 is 1.30 bits per heavy atom. The minimum Gasteiger partial charge on any atom is -0.497 e. The summed E-state index contributed by atoms with van der Waals surface area (Å²) in [6.07, 6.45) is 1.66. The van der Waals surface area contributed by atoms with Crippen LogP contribution in [-0.4, -0.2) is 33.3 Å². The summed E-state index contributed by atoms with van der Waals surface area (Å²) < 4.78 is 16.0. The van der Waals surface area contributed by atoms with Crippen LogP contribution in [0, 0.1) is 6.92 Å². The van der Waals surface area contributed by atoms with Crippen LogP contribution >= 0.6 is 0 Å². The van der Waals surface area contributed by atoms with Gasteiger partial charge in [-0.05, 0) is 71.8 Å². The highest BCUT2D eigenvalue weighted by atomic mass is 16.5. The second-order valence-electron chi connectivity index (χ2n) is 10.8. The summed E-state index contributed by atoms with van der Waals surface area (Å²) in [6.45, 7) is 2.12. The summed E-state index contributed by atoms with van der Waals surface area (Å²) in [5, 5.41) is 5.60. The van der Waals surface area contributed by atoms with Crippen molar-refractivity contribution in [2.75, 3.05) is 14.2 Å². The van der Waals surface area contributed by atoms with Gasteiger partial charge in [0.05, 0.1) is 30.9 Å². The molecule has 0 aliphatic rings. The lowest BCUT2D eigenvalue weighted by molar-refractivity contribution is 0.415. The second kappa shape index (κ2) is 9.74. The van der Waals surface area contributed by atoms with Gasteiger partial charge in [0.1, 0.15) is 29.3 Å². The van der Waals surface area contributed by atoms with E-state index in [-0.39, 0.29) is 0 Å². The predicted molar refractivity (Wildman–Crippen MR) is 174 cm³/mol. The van der Waals surface area contributed by atoms with Gasteiger partial charge in [0.15, 0.2) is 0 Å². The van der Waals surface area contributed by atoms with Crippen molar-refractivity contribution in [2.24, 2.45) is 0 Å². The lowest BCUT2D eigenvalue weighted by atomic mass is 10.0. The van der Waals surface area contributed by atoms with E-state index in [9.17, 15) is 0 Å². The van der Waals surface area contributed by atoms with E-state index in [4.69, 9.17) is 19.4 Å². The van der Waals surface area contributed by atoms with Gasteiger partial charge in [-0.1, -0.05) is 54.6 Å². The lowest BCUT2D eigenvalue weighted by Crippen LogP contribution is -2.04. The van der Waals surface area contributed by atoms with E-state index in [0.717, 1.165) is 72.5 Å². The zero-order valence-electron chi connectivity index (χ0n) is 24.1. The molecule has 0 bridgehead atoms. The predicted octanol–water partition coefficient (Wildman–Crippen LogP) is 8.66. The van der Waals surface area contributed by atoms with Crippen LogP contribution < -0.4 is 9.47 Å². The molecule has 0 saturated heterocycles. The molecule has 0 radical (unpaired) electrons. The maximum absolute atomic E-state index is 5.70. The fourth-order valence-electron chi connectivity index (χ4n) is 6.34. The Morgan fingerprint density at radius 3 is 2.05 bits per heavy atom. The Labute approximate surface area is 248 Å². The van der Waals surface area contributed by atoms with Crippen molar-refractivity contribution in [3.05, 3.63) is 121 Å². The molecule has 0 saturated carbocycles. The first-order chi connectivity index (χ1) is 21.1. The van der Waals surface area contributed by atoms with Gasteiger partial charge in [0.25, 0.3) is 0 Å². The lowest BCUT2D eigenvalue weighted by Gasteiger charge is -2.14. The van der Waals surface area contributed by atoms with Crippen LogP contribution in [0.1, 0.15) is 5.56 Å². The largest absolute Gasteiger partial charge is 0.497 e. The zero-order valence-corrected chi connectivity index (χ0v) is 24.1. The number of rotatable bonds is 5. The molecular weight excluding hydrogens is 532 g/mol. The Kier molecular flexibility index (Phi) is 5.69. The van der Waals surface area contributed by atoms with Crippen LogP contribution in [0.5, 0.6) is 11.5 Å². The van der Waals surface area contributed by atoms with Gasteiger partial charge in [0.2, 0.25) is 0 Å². The van der Waals surface area contributed by atoms with Crippen LogP contribution in [0.3, 0.4) is 0 Å². The summed E-state index contributed by atoms with van der Waals surface area (Å²) in [4.78, 5) is 9.62. The molecular formula is C37H28N4O2. The average Bonchev–Trinajstić information content (AvgIpc) is 3.56. The molecule has 208 valence electrons. The van der Waals surface area contributed by atoms with Crippen molar-refractivity contribution in [3.63, 3.8) is 0 Å². The number of nitrogens with zero attached hydrogens (tertiary/aromatic N) is 4. The third-order valence-electron chi connectivity index (χ3n) is 8.28. The van der Waals surface area contributed by atoms with Crippen LogP contribution in [-0.2, 0) is 0 Å². The number of methoxy groups -OCH3 is 2. The Bertz CT molecular complexity index is 2340. The van der Waals surface area contributed by atoms with Crippen molar-refractivity contribution in [2.45, 2.75) is 6.92 Å². The Balaban J connectivity index is 1.52. The van der Waals surface area contributed by atoms with Crippen LogP contribution in [0.15, 0.2) is 116 Å². The van der Waals surface area contributed by atoms with E-state index in [2.05, 4.69) is 113 Å². The maximum Gasteiger partial charge on any atom is 0.142 e. The first-order valence-corrected chi connectivity index (χ1v) is 14.2. The maximum atomic E-state index is 5.70. The molecule has 0 spiro atoms. The van der Waals surface area contributed by atoms with Crippen molar-refractivity contribution in [1.29, 1.82) is 0 Å². The van der Waals surface area contributed by atoms with E-state index >= 15 is 0 Å². The Hall–Kier alpha value is -5.62. The first-order valence-electron chi connectivity index (χ1n) is 14.2. The molecule has 0 atom stereocenters. The van der Waals surface area contributed by atoms with Crippen molar-refractivity contribution < 1.29 is 9.47 Å². The van der Waals surface area contributed by atoms with Gasteiger partial charge >= 0.3 is 0 Å². The summed E-state index contributed by atoms with van der Waals surface area (Å²) >= 11 is 0. The number of benzene rings is 5. The standard InChI is InChI=1S/C37H28N4O2/c1-23-8-6-11-25(18-23)40-33-16-14-26(42-2)19-30(33)36-31-20-27(43-3)15-17-34(31)41(37(36)40)35-21-32(38-22-39-35)29-13-7-10-24-9-4-5-12-28(24)29/h4-22H,1-3H3. The van der Waals surface area contributed by atoms with Crippen molar-refractivity contribution in [1.82, 2.24) is 19.1 Å². The number of hydrogen-bond donors (Lipinski definition) is 0. The summed E-state index contributed by atoms with van der Waals surface area (Å²) in [5.41, 5.74) is 7.32. The molecule has 0 fully saturated rings. The molecule has 43 heavy (non-hydrogen) atoms. The molecule has 8 aromatic rings. The molecule has 5 aromatic carbocycles. The van der Waals surface area contributed by atoms with E-state index in [0.29, 0.717) is 0 Å². The highest BCUT2D eigenvalue weighted by Gasteiger charge is 2.24. The number of aromatic nitrogens is 4. The number of ether oxygens (including phenoxy) is 2. The molecule has 6 nitrogen and oxygen atoms in total. The van der Waals surface area contributed by atoms with Gasteiger partial charge in [-0.15, -0.1) is 0 Å². The molecule has 3 heterocycles.